The van der Waals surface area contributed by atoms with E-state index >= 15 is 0 Å². The van der Waals surface area contributed by atoms with Gasteiger partial charge in [-0.05, 0) is 43.2 Å². The highest BCUT2D eigenvalue weighted by Gasteiger charge is 2.03. The molecule has 0 aliphatic heterocycles. The maximum Gasteiger partial charge on any atom is 0.232 e. The molecule has 23 heavy (non-hydrogen) atoms. The first kappa shape index (κ1) is 17.4. The fraction of sp³-hybridized carbons (Fsp3) is 0.250. The summed E-state index contributed by atoms with van der Waals surface area (Å²) in [7, 11) is 0. The van der Waals surface area contributed by atoms with E-state index in [0.29, 0.717) is 35.0 Å². The number of nitrogens with one attached hydrogen (secondary N) is 1. The second kappa shape index (κ2) is 8.04. The number of hydrogen-bond acceptors (Lipinski definition) is 3. The first-order valence-corrected chi connectivity index (χ1v) is 7.79. The number of pyridine rings is 1. The third-order valence-corrected chi connectivity index (χ3v) is 3.36. The van der Waals surface area contributed by atoms with Gasteiger partial charge in [-0.3, -0.25) is 0 Å². The van der Waals surface area contributed by atoms with E-state index in [0.717, 1.165) is 16.8 Å². The molecule has 2 aromatic rings. The van der Waals surface area contributed by atoms with Crippen LogP contribution in [0.3, 0.4) is 0 Å². The molecule has 1 aromatic heterocycles. The molecular weight excluding hydrogens is 335 g/mol. The summed E-state index contributed by atoms with van der Waals surface area (Å²) in [6, 6.07) is 7.67. The highest BCUT2D eigenvalue weighted by Crippen LogP contribution is 2.24. The van der Waals surface area contributed by atoms with Crippen LogP contribution < -0.4 is 15.8 Å². The minimum Gasteiger partial charge on any atom is -0.475 e. The zero-order valence-electron chi connectivity index (χ0n) is 12.9. The van der Waals surface area contributed by atoms with Crippen LogP contribution in [0.15, 0.2) is 35.5 Å². The Balaban J connectivity index is 1.85. The van der Waals surface area contributed by atoms with Crippen molar-refractivity contribution in [3.63, 3.8) is 0 Å². The molecule has 0 atom stereocenters. The van der Waals surface area contributed by atoms with Crippen LogP contribution in [0.25, 0.3) is 0 Å². The zero-order chi connectivity index (χ0) is 16.8. The minimum absolute atomic E-state index is 0.309. The molecule has 0 radical (unpaired) electrons. The van der Waals surface area contributed by atoms with Crippen LogP contribution in [-0.2, 0) is 0 Å². The molecule has 0 amide bonds. The Morgan fingerprint density at radius 1 is 1.22 bits per heavy atom. The average molecular weight is 353 g/mol. The monoisotopic (exact) mass is 352 g/mol. The number of benzene rings is 1. The number of rotatable bonds is 5. The van der Waals surface area contributed by atoms with Gasteiger partial charge in [0.2, 0.25) is 5.88 Å². The van der Waals surface area contributed by atoms with Gasteiger partial charge in [0.25, 0.3) is 0 Å². The predicted molar refractivity (Wildman–Crippen MR) is 95.8 cm³/mol. The second-order valence-electron chi connectivity index (χ2n) is 5.06. The van der Waals surface area contributed by atoms with E-state index in [1.54, 1.807) is 6.07 Å². The Kier molecular flexibility index (Phi) is 6.07. The number of anilines is 1. The lowest BCUT2D eigenvalue weighted by Crippen LogP contribution is -2.23. The van der Waals surface area contributed by atoms with Crippen molar-refractivity contribution in [1.29, 1.82) is 0 Å². The van der Waals surface area contributed by atoms with E-state index in [1.807, 2.05) is 26.0 Å². The van der Waals surface area contributed by atoms with Crippen molar-refractivity contribution in [2.45, 2.75) is 13.8 Å². The molecule has 7 heteroatoms. The van der Waals surface area contributed by atoms with Crippen LogP contribution >= 0.6 is 23.2 Å². The van der Waals surface area contributed by atoms with Crippen LogP contribution in [0.1, 0.15) is 11.1 Å². The van der Waals surface area contributed by atoms with Crippen molar-refractivity contribution >= 4 is 34.8 Å². The number of hydrogen-bond donors (Lipinski definition) is 2. The number of aliphatic imine (C=N–C) groups is 1. The van der Waals surface area contributed by atoms with Crippen molar-refractivity contribution < 1.29 is 4.74 Å². The second-order valence-corrected chi connectivity index (χ2v) is 5.90. The Labute approximate surface area is 145 Å². The summed E-state index contributed by atoms with van der Waals surface area (Å²) in [5.74, 6) is 0.654. The molecule has 0 saturated heterocycles. The number of guanidine groups is 1. The molecule has 0 aliphatic carbocycles. The van der Waals surface area contributed by atoms with E-state index < -0.39 is 0 Å². The summed E-state index contributed by atoms with van der Waals surface area (Å²) >= 11 is 11.7. The highest BCUT2D eigenvalue weighted by atomic mass is 35.5. The Bertz CT molecular complexity index is 699. The van der Waals surface area contributed by atoms with Crippen molar-refractivity contribution in [2.75, 3.05) is 18.5 Å². The third kappa shape index (κ3) is 5.62. The quantitative estimate of drug-likeness (QED) is 0.487. The van der Waals surface area contributed by atoms with Crippen molar-refractivity contribution in [2.24, 2.45) is 10.7 Å². The van der Waals surface area contributed by atoms with Gasteiger partial charge in [-0.1, -0.05) is 29.3 Å². The van der Waals surface area contributed by atoms with E-state index in [-0.39, 0.29) is 0 Å². The van der Waals surface area contributed by atoms with Crippen LogP contribution in [0, 0.1) is 13.8 Å². The van der Waals surface area contributed by atoms with Gasteiger partial charge in [-0.25, -0.2) is 9.98 Å². The Hall–Kier alpha value is -1.98. The Morgan fingerprint density at radius 2 is 1.91 bits per heavy atom. The average Bonchev–Trinajstić information content (AvgIpc) is 2.44. The zero-order valence-corrected chi connectivity index (χ0v) is 14.4. The SMILES string of the molecule is Cc1cc(C)cc(NC(N)=NCCOc2ncc(Cl)cc2Cl)c1. The van der Waals surface area contributed by atoms with Crippen LogP contribution in [0.5, 0.6) is 5.88 Å². The summed E-state index contributed by atoms with van der Waals surface area (Å²) in [6.45, 7) is 4.75. The molecule has 0 aliphatic rings. The molecule has 0 spiro atoms. The van der Waals surface area contributed by atoms with Gasteiger partial charge < -0.3 is 15.8 Å². The summed E-state index contributed by atoms with van der Waals surface area (Å²) in [5, 5.41) is 3.88. The smallest absolute Gasteiger partial charge is 0.232 e. The normalized spacial score (nSPS) is 11.4. The van der Waals surface area contributed by atoms with Crippen LogP contribution in [0.2, 0.25) is 10.0 Å². The molecule has 0 fully saturated rings. The molecule has 5 nitrogen and oxygen atoms in total. The van der Waals surface area contributed by atoms with E-state index in [4.69, 9.17) is 33.7 Å². The molecule has 0 unspecified atom stereocenters. The fourth-order valence-corrected chi connectivity index (χ4v) is 2.49. The summed E-state index contributed by atoms with van der Waals surface area (Å²) < 4.78 is 5.44. The summed E-state index contributed by atoms with van der Waals surface area (Å²) in [4.78, 5) is 8.20. The number of halogens is 2. The summed E-state index contributed by atoms with van der Waals surface area (Å²) in [6.07, 6.45) is 1.47. The van der Waals surface area contributed by atoms with Gasteiger partial charge in [0.15, 0.2) is 5.96 Å². The molecular formula is C16H18Cl2N4O. The maximum atomic E-state index is 5.96. The van der Waals surface area contributed by atoms with Crippen LogP contribution in [-0.4, -0.2) is 24.1 Å². The predicted octanol–water partition coefficient (Wildman–Crippen LogP) is 3.81. The van der Waals surface area contributed by atoms with Crippen molar-refractivity contribution in [3.8, 4) is 5.88 Å². The summed E-state index contributed by atoms with van der Waals surface area (Å²) in [5.41, 5.74) is 9.09. The topological polar surface area (TPSA) is 72.5 Å². The number of aromatic nitrogens is 1. The van der Waals surface area contributed by atoms with Gasteiger partial charge in [0.05, 0.1) is 11.6 Å². The maximum absolute atomic E-state index is 5.96. The van der Waals surface area contributed by atoms with Crippen molar-refractivity contribution in [1.82, 2.24) is 4.98 Å². The van der Waals surface area contributed by atoms with Gasteiger partial charge in [-0.2, -0.15) is 0 Å². The minimum atomic E-state index is 0.309. The molecule has 0 bridgehead atoms. The number of nitrogens with two attached hydrogens (primary N) is 1. The number of aryl methyl sites for hydroxylation is 2. The van der Waals surface area contributed by atoms with Gasteiger partial charge in [0.1, 0.15) is 11.6 Å². The molecule has 0 saturated carbocycles. The molecule has 1 aromatic carbocycles. The number of ether oxygens (including phenoxy) is 1. The first-order valence-electron chi connectivity index (χ1n) is 7.03. The third-order valence-electron chi connectivity index (χ3n) is 2.88. The lowest BCUT2D eigenvalue weighted by Gasteiger charge is -2.08. The molecule has 3 N–H and O–H groups in total. The van der Waals surface area contributed by atoms with Gasteiger partial charge >= 0.3 is 0 Å². The van der Waals surface area contributed by atoms with Crippen molar-refractivity contribution in [3.05, 3.63) is 51.6 Å². The largest absolute Gasteiger partial charge is 0.475 e. The van der Waals surface area contributed by atoms with Gasteiger partial charge in [0, 0.05) is 11.9 Å². The molecule has 1 heterocycles. The molecule has 122 valence electrons. The number of nitrogens with zero attached hydrogens (tertiary/aromatic N) is 2. The Morgan fingerprint density at radius 3 is 2.57 bits per heavy atom. The molecule has 2 rings (SSSR count). The lowest BCUT2D eigenvalue weighted by molar-refractivity contribution is 0.316. The standard InChI is InChI=1S/C16H18Cl2N4O/c1-10-5-11(2)7-13(6-10)22-16(19)20-3-4-23-15-14(18)8-12(17)9-21-15/h5-9H,3-4H2,1-2H3,(H3,19,20,22). The highest BCUT2D eigenvalue weighted by molar-refractivity contribution is 6.35. The van der Waals surface area contributed by atoms with Gasteiger partial charge in [-0.15, -0.1) is 0 Å². The van der Waals surface area contributed by atoms with E-state index in [1.165, 1.54) is 6.20 Å². The van der Waals surface area contributed by atoms with E-state index in [9.17, 15) is 0 Å². The lowest BCUT2D eigenvalue weighted by atomic mass is 10.1. The van der Waals surface area contributed by atoms with E-state index in [2.05, 4.69) is 21.4 Å². The fourth-order valence-electron chi connectivity index (χ4n) is 2.05. The first-order chi connectivity index (χ1) is 10.9. The van der Waals surface area contributed by atoms with Crippen LogP contribution in [0.4, 0.5) is 5.69 Å².